The van der Waals surface area contributed by atoms with E-state index in [1.54, 1.807) is 0 Å². The van der Waals surface area contributed by atoms with E-state index in [-0.39, 0.29) is 39.2 Å². The van der Waals surface area contributed by atoms with Crippen molar-refractivity contribution in [3.8, 4) is 0 Å². The number of Topliss-reactive ketones (excluding diaryl/α,β-unsaturated/α-hetero) is 3. The lowest BCUT2D eigenvalue weighted by Crippen LogP contribution is -2.02. The van der Waals surface area contributed by atoms with Gasteiger partial charge in [0.2, 0.25) is 11.6 Å². The lowest BCUT2D eigenvalue weighted by atomic mass is 10.1. The van der Waals surface area contributed by atoms with Crippen molar-refractivity contribution in [2.24, 2.45) is 0 Å². The van der Waals surface area contributed by atoms with E-state index in [2.05, 4.69) is 0 Å². The number of carbonyl (C=O) groups excluding carboxylic acids is 3. The molecule has 2 aromatic rings. The number of nitrogens with zero attached hydrogens (tertiary/aromatic N) is 2. The van der Waals surface area contributed by atoms with Gasteiger partial charge in [-0.2, -0.15) is 0 Å². The van der Waals surface area contributed by atoms with E-state index < -0.39 is 38.6 Å². The third-order valence-electron chi connectivity index (χ3n) is 5.39. The topological polar surface area (TPSA) is 158 Å². The number of hydrogen-bond donors (Lipinski definition) is 1. The molecule has 4 rings (SSSR count). The van der Waals surface area contributed by atoms with Crippen molar-refractivity contribution in [3.63, 3.8) is 0 Å². The number of ketones is 3. The Labute approximate surface area is 196 Å². The molecule has 10 heteroatoms. The minimum absolute atomic E-state index is 0.0159. The maximum absolute atomic E-state index is 12.5. The molecule has 0 bridgehead atoms. The molecule has 0 saturated heterocycles. The van der Waals surface area contributed by atoms with Crippen LogP contribution in [0.2, 0.25) is 0 Å². The van der Waals surface area contributed by atoms with Crippen molar-refractivity contribution >= 4 is 34.5 Å². The third-order valence-corrected chi connectivity index (χ3v) is 5.39. The lowest BCUT2D eigenvalue weighted by Gasteiger charge is -1.99. The number of carbonyl (C=O) groups is 3. The molecular weight excluding hydrogens is 456 g/mol. The van der Waals surface area contributed by atoms with Crippen LogP contribution in [0.3, 0.4) is 0 Å². The van der Waals surface area contributed by atoms with E-state index in [0.717, 1.165) is 6.07 Å². The molecule has 0 heterocycles. The second kappa shape index (κ2) is 8.94. The van der Waals surface area contributed by atoms with E-state index in [1.165, 1.54) is 72.9 Å². The fourth-order valence-electron chi connectivity index (χ4n) is 3.82. The molecule has 0 aliphatic heterocycles. The Morgan fingerprint density at radius 2 is 1.23 bits per heavy atom. The van der Waals surface area contributed by atoms with Crippen LogP contribution in [0.4, 0.5) is 11.4 Å². The predicted octanol–water partition coefficient (Wildman–Crippen LogP) is 4.64. The van der Waals surface area contributed by atoms with Gasteiger partial charge < -0.3 is 5.11 Å². The smallest absolute Gasteiger partial charge is 0.281 e. The highest BCUT2D eigenvalue weighted by Crippen LogP contribution is 2.37. The Kier molecular flexibility index (Phi) is 5.86. The van der Waals surface area contributed by atoms with Gasteiger partial charge in [0.15, 0.2) is 5.78 Å². The van der Waals surface area contributed by atoms with Crippen molar-refractivity contribution in [3.05, 3.63) is 133 Å². The first kappa shape index (κ1) is 22.9. The first-order valence-corrected chi connectivity index (χ1v) is 10.1. The monoisotopic (exact) mass is 470 g/mol. The Hall–Kier alpha value is -5.25. The minimum atomic E-state index is -0.721. The van der Waals surface area contributed by atoms with Gasteiger partial charge in [-0.05, 0) is 24.3 Å². The average molecular weight is 470 g/mol. The number of nitro groups is 2. The molecule has 0 radical (unpaired) electrons. The van der Waals surface area contributed by atoms with E-state index in [4.69, 9.17) is 0 Å². The summed E-state index contributed by atoms with van der Waals surface area (Å²) in [5, 5.41) is 32.6. The largest absolute Gasteiger partial charge is 0.507 e. The molecule has 0 aromatic heterocycles. The van der Waals surface area contributed by atoms with Crippen LogP contribution in [0, 0.1) is 20.2 Å². The lowest BCUT2D eigenvalue weighted by molar-refractivity contribution is -0.385. The highest BCUT2D eigenvalue weighted by Gasteiger charge is 2.38. The summed E-state index contributed by atoms with van der Waals surface area (Å²) in [4.78, 5) is 58.4. The molecule has 10 nitrogen and oxygen atoms in total. The van der Waals surface area contributed by atoms with Crippen LogP contribution >= 0.6 is 0 Å². The number of allylic oxidation sites excluding steroid dienone is 9. The van der Waals surface area contributed by atoms with Crippen LogP contribution in [-0.4, -0.2) is 32.3 Å². The number of aliphatic hydroxyl groups is 1. The number of nitro benzene ring substituents is 2. The molecule has 0 amide bonds. The van der Waals surface area contributed by atoms with Crippen LogP contribution in [0.5, 0.6) is 0 Å². The van der Waals surface area contributed by atoms with Crippen LogP contribution < -0.4 is 0 Å². The van der Waals surface area contributed by atoms with Crippen molar-refractivity contribution < 1.29 is 29.3 Å². The van der Waals surface area contributed by atoms with Crippen LogP contribution in [0.1, 0.15) is 36.6 Å². The summed E-state index contributed by atoms with van der Waals surface area (Å²) >= 11 is 0. The van der Waals surface area contributed by atoms with Gasteiger partial charge in [-0.25, -0.2) is 0 Å². The van der Waals surface area contributed by atoms with Gasteiger partial charge in [0.05, 0.1) is 21.0 Å². The summed E-state index contributed by atoms with van der Waals surface area (Å²) < 4.78 is 0. The van der Waals surface area contributed by atoms with E-state index in [1.807, 2.05) is 0 Å². The molecule has 0 saturated carbocycles. The van der Waals surface area contributed by atoms with Gasteiger partial charge in [0.25, 0.3) is 11.4 Å². The molecule has 2 aliphatic carbocycles. The van der Waals surface area contributed by atoms with Crippen LogP contribution in [0.15, 0.2) is 90.1 Å². The first-order chi connectivity index (χ1) is 16.7. The van der Waals surface area contributed by atoms with Gasteiger partial charge in [0.1, 0.15) is 16.9 Å². The van der Waals surface area contributed by atoms with Gasteiger partial charge in [-0.1, -0.05) is 42.5 Å². The SMILES string of the molecule is O=C1C(=CC=CC=CC=CC2=C(O)c3cccc([N+](=O)[O-])c3C2=O)C(=O)c2c1cccc2[N+](=O)[O-]. The molecule has 0 unspecified atom stereocenters. The van der Waals surface area contributed by atoms with Crippen molar-refractivity contribution in [2.75, 3.05) is 0 Å². The molecule has 0 fully saturated rings. The van der Waals surface area contributed by atoms with Gasteiger partial charge >= 0.3 is 0 Å². The number of rotatable bonds is 6. The van der Waals surface area contributed by atoms with Gasteiger partial charge in [-0.15, -0.1) is 0 Å². The summed E-state index contributed by atoms with van der Waals surface area (Å²) in [5.41, 5.74) is -1.42. The maximum atomic E-state index is 12.5. The second-order valence-electron chi connectivity index (χ2n) is 7.37. The van der Waals surface area contributed by atoms with Gasteiger partial charge in [0, 0.05) is 23.3 Å². The second-order valence-corrected chi connectivity index (χ2v) is 7.37. The Bertz CT molecular complexity index is 1510. The van der Waals surface area contributed by atoms with E-state index >= 15 is 0 Å². The van der Waals surface area contributed by atoms with Crippen molar-refractivity contribution in [1.82, 2.24) is 0 Å². The summed E-state index contributed by atoms with van der Waals surface area (Å²) in [7, 11) is 0. The number of benzene rings is 2. The Morgan fingerprint density at radius 3 is 1.86 bits per heavy atom. The summed E-state index contributed by atoms with van der Waals surface area (Å²) in [6.45, 7) is 0. The maximum Gasteiger partial charge on any atom is 0.281 e. The molecule has 2 aromatic carbocycles. The van der Waals surface area contributed by atoms with E-state index in [0.29, 0.717) is 0 Å². The molecule has 172 valence electrons. The van der Waals surface area contributed by atoms with E-state index in [9.17, 15) is 39.7 Å². The fraction of sp³-hybridized carbons (Fsp3) is 0. The van der Waals surface area contributed by atoms with Crippen LogP contribution in [0.25, 0.3) is 5.76 Å². The van der Waals surface area contributed by atoms with Gasteiger partial charge in [-0.3, -0.25) is 34.6 Å². The minimum Gasteiger partial charge on any atom is -0.507 e. The average Bonchev–Trinajstić information content (AvgIpc) is 3.23. The quantitative estimate of drug-likeness (QED) is 0.210. The Balaban J connectivity index is 1.47. The zero-order valence-corrected chi connectivity index (χ0v) is 17.7. The standard InChI is InChI=1S/C25H14N2O8/c28-22-14-10-6-12-18(26(32)33)20(14)24(30)16(22)8-4-2-1-3-5-9-17-23(29)15-11-7-13-19(27(34)35)21(15)25(17)31/h1-13,28H. The van der Waals surface area contributed by atoms with Crippen molar-refractivity contribution in [2.45, 2.75) is 0 Å². The number of aliphatic hydroxyl groups excluding tert-OH is 1. The number of hydrogen-bond acceptors (Lipinski definition) is 8. The molecule has 2 aliphatic rings. The zero-order chi connectivity index (χ0) is 25.3. The summed E-state index contributed by atoms with van der Waals surface area (Å²) in [5.74, 6) is -2.34. The normalized spacial score (nSPS) is 16.3. The first-order valence-electron chi connectivity index (χ1n) is 10.1. The van der Waals surface area contributed by atoms with Crippen molar-refractivity contribution in [1.29, 1.82) is 0 Å². The third kappa shape index (κ3) is 3.89. The summed E-state index contributed by atoms with van der Waals surface area (Å²) in [6.07, 6.45) is 9.90. The van der Waals surface area contributed by atoms with Crippen LogP contribution in [-0.2, 0) is 0 Å². The summed E-state index contributed by atoms with van der Waals surface area (Å²) in [6, 6.07) is 7.85. The highest BCUT2D eigenvalue weighted by atomic mass is 16.6. The number of fused-ring (bicyclic) bond motifs is 2. The molecule has 0 atom stereocenters. The highest BCUT2D eigenvalue weighted by molar-refractivity contribution is 6.40. The molecule has 1 N–H and O–H groups in total. The molecule has 35 heavy (non-hydrogen) atoms. The molecule has 0 spiro atoms. The molecular formula is C25H14N2O8. The fourth-order valence-corrected chi connectivity index (χ4v) is 3.82. The predicted molar refractivity (Wildman–Crippen MR) is 124 cm³/mol. The zero-order valence-electron chi connectivity index (χ0n) is 17.7. The Morgan fingerprint density at radius 1 is 0.686 bits per heavy atom.